The average Bonchev–Trinajstić information content (AvgIpc) is 2.15. The lowest BCUT2D eigenvalue weighted by Crippen LogP contribution is -2.13. The van der Waals surface area contributed by atoms with E-state index in [2.05, 4.69) is 15.4 Å². The first-order valence-electron chi connectivity index (χ1n) is 3.44. The van der Waals surface area contributed by atoms with E-state index < -0.39 is 5.97 Å². The maximum Gasteiger partial charge on any atom is 0.375 e. The molecule has 4 nitrogen and oxygen atoms in total. The van der Waals surface area contributed by atoms with Gasteiger partial charge in [0.25, 0.3) is 0 Å². The van der Waals surface area contributed by atoms with Crippen molar-refractivity contribution in [2.24, 2.45) is 0 Å². The summed E-state index contributed by atoms with van der Waals surface area (Å²) in [6.07, 6.45) is 0. The van der Waals surface area contributed by atoms with E-state index in [1.165, 1.54) is 7.05 Å². The van der Waals surface area contributed by atoms with Crippen LogP contribution in [0.15, 0.2) is 30.3 Å². The van der Waals surface area contributed by atoms with Crippen molar-refractivity contribution in [2.45, 2.75) is 0 Å². The highest BCUT2D eigenvalue weighted by molar-refractivity contribution is 5.88. The molecule has 0 saturated carbocycles. The standard InChI is InChI=1S/C8H9NO3/c1-9-12-11-8(10)7-5-3-2-4-6-7/h2-6,9H,1H3. The van der Waals surface area contributed by atoms with Crippen LogP contribution < -0.4 is 5.48 Å². The summed E-state index contributed by atoms with van der Waals surface area (Å²) in [6.45, 7) is 0. The van der Waals surface area contributed by atoms with Gasteiger partial charge in [-0.3, -0.25) is 4.89 Å². The molecule has 0 heterocycles. The van der Waals surface area contributed by atoms with E-state index in [0.29, 0.717) is 5.56 Å². The van der Waals surface area contributed by atoms with Crippen LogP contribution in [0.5, 0.6) is 0 Å². The second kappa shape index (κ2) is 4.48. The van der Waals surface area contributed by atoms with Crippen molar-refractivity contribution in [3.63, 3.8) is 0 Å². The van der Waals surface area contributed by atoms with Gasteiger partial charge in [0, 0.05) is 7.05 Å². The quantitative estimate of drug-likeness (QED) is 0.537. The average molecular weight is 167 g/mol. The summed E-state index contributed by atoms with van der Waals surface area (Å²) in [7, 11) is 1.50. The Morgan fingerprint density at radius 3 is 2.58 bits per heavy atom. The number of rotatable bonds is 3. The normalized spacial score (nSPS) is 9.42. The number of nitrogens with one attached hydrogen (secondary N) is 1. The number of hydrogen-bond acceptors (Lipinski definition) is 4. The summed E-state index contributed by atoms with van der Waals surface area (Å²) in [5, 5.41) is 0. The number of hydroxylamine groups is 1. The Balaban J connectivity index is 2.54. The van der Waals surface area contributed by atoms with Crippen LogP contribution >= 0.6 is 0 Å². The van der Waals surface area contributed by atoms with Gasteiger partial charge in [-0.1, -0.05) is 23.2 Å². The monoisotopic (exact) mass is 167 g/mol. The molecule has 0 aliphatic heterocycles. The van der Waals surface area contributed by atoms with Gasteiger partial charge in [0.1, 0.15) is 0 Å². The van der Waals surface area contributed by atoms with Gasteiger partial charge in [-0.2, -0.15) is 5.48 Å². The third-order valence-corrected chi connectivity index (χ3v) is 1.21. The highest BCUT2D eigenvalue weighted by Gasteiger charge is 2.05. The van der Waals surface area contributed by atoms with Gasteiger partial charge in [0.2, 0.25) is 0 Å². The third-order valence-electron chi connectivity index (χ3n) is 1.21. The smallest absolute Gasteiger partial charge is 0.274 e. The van der Waals surface area contributed by atoms with Crippen molar-refractivity contribution in [2.75, 3.05) is 7.05 Å². The first-order valence-corrected chi connectivity index (χ1v) is 3.44. The Morgan fingerprint density at radius 2 is 2.00 bits per heavy atom. The van der Waals surface area contributed by atoms with Crippen molar-refractivity contribution >= 4 is 5.97 Å². The first-order chi connectivity index (χ1) is 5.84. The predicted octanol–water partition coefficient (Wildman–Crippen LogP) is 0.909. The molecule has 0 amide bonds. The molecule has 0 saturated heterocycles. The van der Waals surface area contributed by atoms with Crippen LogP contribution in [-0.4, -0.2) is 13.0 Å². The Hall–Kier alpha value is -1.39. The molecule has 0 unspecified atom stereocenters. The largest absolute Gasteiger partial charge is 0.375 e. The minimum absolute atomic E-state index is 0.452. The second-order valence-corrected chi connectivity index (χ2v) is 2.02. The molecular weight excluding hydrogens is 158 g/mol. The lowest BCUT2D eigenvalue weighted by Gasteiger charge is -1.99. The van der Waals surface area contributed by atoms with Crippen LogP contribution in [-0.2, 0) is 9.88 Å². The molecule has 1 aromatic carbocycles. The van der Waals surface area contributed by atoms with E-state index >= 15 is 0 Å². The van der Waals surface area contributed by atoms with E-state index in [-0.39, 0.29) is 0 Å². The first kappa shape index (κ1) is 8.70. The van der Waals surface area contributed by atoms with E-state index in [4.69, 9.17) is 0 Å². The van der Waals surface area contributed by atoms with Crippen LogP contribution in [0.4, 0.5) is 0 Å². The Kier molecular flexibility index (Phi) is 3.25. The molecule has 0 radical (unpaired) electrons. The van der Waals surface area contributed by atoms with Gasteiger partial charge >= 0.3 is 5.97 Å². The number of hydrogen-bond donors (Lipinski definition) is 1. The molecule has 0 fully saturated rings. The fourth-order valence-electron chi connectivity index (χ4n) is 0.702. The zero-order valence-corrected chi connectivity index (χ0v) is 6.61. The highest BCUT2D eigenvalue weighted by atomic mass is 17.3. The number of benzene rings is 1. The van der Waals surface area contributed by atoms with E-state index in [9.17, 15) is 4.79 Å². The zero-order chi connectivity index (χ0) is 8.81. The molecule has 1 rings (SSSR count). The molecule has 0 aliphatic carbocycles. The van der Waals surface area contributed by atoms with Crippen molar-refractivity contribution in [1.82, 2.24) is 5.48 Å². The molecule has 12 heavy (non-hydrogen) atoms. The highest BCUT2D eigenvalue weighted by Crippen LogP contribution is 2.00. The van der Waals surface area contributed by atoms with Crippen molar-refractivity contribution in [1.29, 1.82) is 0 Å². The fraction of sp³-hybridized carbons (Fsp3) is 0.125. The number of carbonyl (C=O) groups excluding carboxylic acids is 1. The van der Waals surface area contributed by atoms with Crippen molar-refractivity contribution in [3.8, 4) is 0 Å². The molecule has 0 aromatic heterocycles. The molecule has 0 aliphatic rings. The van der Waals surface area contributed by atoms with Crippen LogP contribution in [0.2, 0.25) is 0 Å². The Morgan fingerprint density at radius 1 is 1.33 bits per heavy atom. The van der Waals surface area contributed by atoms with E-state index in [0.717, 1.165) is 0 Å². The number of carbonyl (C=O) groups is 1. The minimum atomic E-state index is -0.523. The zero-order valence-electron chi connectivity index (χ0n) is 6.61. The molecule has 64 valence electrons. The summed E-state index contributed by atoms with van der Waals surface area (Å²) >= 11 is 0. The third kappa shape index (κ3) is 2.34. The van der Waals surface area contributed by atoms with Gasteiger partial charge in [0.15, 0.2) is 0 Å². The maximum absolute atomic E-state index is 11.0. The van der Waals surface area contributed by atoms with E-state index in [1.807, 2.05) is 6.07 Å². The summed E-state index contributed by atoms with van der Waals surface area (Å²) in [6, 6.07) is 8.59. The fourth-order valence-corrected chi connectivity index (χ4v) is 0.702. The molecule has 1 aromatic rings. The van der Waals surface area contributed by atoms with Crippen LogP contribution in [0.1, 0.15) is 10.4 Å². The van der Waals surface area contributed by atoms with Gasteiger partial charge in [-0.25, -0.2) is 4.79 Å². The maximum atomic E-state index is 11.0. The SMILES string of the molecule is CNOOC(=O)c1ccccc1. The molecule has 0 bridgehead atoms. The van der Waals surface area contributed by atoms with Crippen LogP contribution in [0.25, 0.3) is 0 Å². The van der Waals surface area contributed by atoms with Gasteiger partial charge in [-0.05, 0) is 12.1 Å². The van der Waals surface area contributed by atoms with Gasteiger partial charge in [-0.15, -0.1) is 0 Å². The van der Waals surface area contributed by atoms with Crippen molar-refractivity contribution < 1.29 is 14.7 Å². The molecule has 4 heteroatoms. The lowest BCUT2D eigenvalue weighted by molar-refractivity contribution is -0.281. The predicted molar refractivity (Wildman–Crippen MR) is 42.0 cm³/mol. The van der Waals surface area contributed by atoms with Crippen LogP contribution in [0, 0.1) is 0 Å². The van der Waals surface area contributed by atoms with Crippen molar-refractivity contribution in [3.05, 3.63) is 35.9 Å². The van der Waals surface area contributed by atoms with E-state index in [1.54, 1.807) is 24.3 Å². The Labute approximate surface area is 70.0 Å². The summed E-state index contributed by atoms with van der Waals surface area (Å²) in [4.78, 5) is 19.6. The summed E-state index contributed by atoms with van der Waals surface area (Å²) < 4.78 is 0. The molecule has 1 N–H and O–H groups in total. The summed E-state index contributed by atoms with van der Waals surface area (Å²) in [5.74, 6) is -0.523. The van der Waals surface area contributed by atoms with Gasteiger partial charge in [0.05, 0.1) is 5.56 Å². The topological polar surface area (TPSA) is 47.6 Å². The molecule has 0 spiro atoms. The molecule has 0 atom stereocenters. The summed E-state index contributed by atoms with van der Waals surface area (Å²) in [5.41, 5.74) is 2.68. The minimum Gasteiger partial charge on any atom is -0.274 e. The molecular formula is C8H9NO3. The van der Waals surface area contributed by atoms with Crippen LogP contribution in [0.3, 0.4) is 0 Å². The Bertz CT molecular complexity index is 248. The second-order valence-electron chi connectivity index (χ2n) is 2.02. The lowest BCUT2D eigenvalue weighted by atomic mass is 10.2. The van der Waals surface area contributed by atoms with Gasteiger partial charge < -0.3 is 0 Å².